The molecule has 2 unspecified atom stereocenters. The van der Waals surface area contributed by atoms with Crippen molar-refractivity contribution in [1.29, 1.82) is 0 Å². The molecule has 2 atom stereocenters. The number of carbonyl (C=O) groups is 1. The van der Waals surface area contributed by atoms with Gasteiger partial charge in [-0.15, -0.1) is 5.10 Å². The minimum absolute atomic E-state index is 0.0466. The monoisotopic (exact) mass is 361 g/mol. The van der Waals surface area contributed by atoms with Crippen molar-refractivity contribution < 1.29 is 9.53 Å². The van der Waals surface area contributed by atoms with Crippen LogP contribution in [0, 0.1) is 0 Å². The fourth-order valence-electron chi connectivity index (χ4n) is 2.88. The lowest BCUT2D eigenvalue weighted by Gasteiger charge is -2.24. The highest BCUT2D eigenvalue weighted by atomic mass is 32.2. The van der Waals surface area contributed by atoms with E-state index < -0.39 is 0 Å². The number of nitrogens with zero attached hydrogens (tertiary/aromatic N) is 5. The van der Waals surface area contributed by atoms with Gasteiger partial charge in [-0.1, -0.05) is 30.0 Å². The van der Waals surface area contributed by atoms with Crippen molar-refractivity contribution >= 4 is 23.4 Å². The molecule has 0 spiro atoms. The van der Waals surface area contributed by atoms with Crippen LogP contribution in [-0.4, -0.2) is 50.6 Å². The van der Waals surface area contributed by atoms with Crippen LogP contribution in [0.5, 0.6) is 0 Å². The van der Waals surface area contributed by atoms with E-state index in [1.165, 1.54) is 11.8 Å². The zero-order chi connectivity index (χ0) is 17.6. The van der Waals surface area contributed by atoms with Gasteiger partial charge in [-0.3, -0.25) is 4.79 Å². The summed E-state index contributed by atoms with van der Waals surface area (Å²) in [5.41, 5.74) is 0.904. The smallest absolute Gasteiger partial charge is 0.240 e. The van der Waals surface area contributed by atoms with Crippen LogP contribution in [0.15, 0.2) is 35.5 Å². The van der Waals surface area contributed by atoms with E-state index in [4.69, 9.17) is 4.74 Å². The fourth-order valence-corrected chi connectivity index (χ4v) is 3.74. The van der Waals surface area contributed by atoms with E-state index in [-0.39, 0.29) is 17.3 Å². The second-order valence-corrected chi connectivity index (χ2v) is 7.26. The van der Waals surface area contributed by atoms with Crippen molar-refractivity contribution in [2.75, 3.05) is 18.1 Å². The number of aromatic nitrogens is 4. The number of anilines is 1. The maximum Gasteiger partial charge on any atom is 0.240 e. The Labute approximate surface area is 151 Å². The Morgan fingerprint density at radius 3 is 2.92 bits per heavy atom. The van der Waals surface area contributed by atoms with Crippen LogP contribution in [0.3, 0.4) is 0 Å². The third-order valence-corrected chi connectivity index (χ3v) is 5.24. The Morgan fingerprint density at radius 1 is 1.44 bits per heavy atom. The minimum Gasteiger partial charge on any atom is -0.376 e. The molecule has 0 aliphatic carbocycles. The molecule has 134 valence electrons. The molecule has 7 nitrogen and oxygen atoms in total. The molecule has 2 heterocycles. The van der Waals surface area contributed by atoms with Crippen molar-refractivity contribution in [3.63, 3.8) is 0 Å². The molecule has 1 aliphatic rings. The molecule has 0 N–H and O–H groups in total. The third kappa shape index (κ3) is 4.38. The van der Waals surface area contributed by atoms with Crippen LogP contribution in [0.1, 0.15) is 26.7 Å². The van der Waals surface area contributed by atoms with E-state index in [1.54, 1.807) is 9.58 Å². The van der Waals surface area contributed by atoms with Gasteiger partial charge >= 0.3 is 0 Å². The average Bonchev–Trinajstić information content (AvgIpc) is 3.29. The molecule has 1 amide bonds. The van der Waals surface area contributed by atoms with E-state index in [0.717, 1.165) is 25.1 Å². The quantitative estimate of drug-likeness (QED) is 0.705. The number of rotatable bonds is 7. The zero-order valence-corrected chi connectivity index (χ0v) is 15.4. The van der Waals surface area contributed by atoms with Gasteiger partial charge in [0.2, 0.25) is 11.1 Å². The Hall–Kier alpha value is -1.93. The highest BCUT2D eigenvalue weighted by Gasteiger charge is 2.25. The second-order valence-electron chi connectivity index (χ2n) is 5.96. The molecule has 0 saturated carbocycles. The molecule has 8 heteroatoms. The number of thioether (sulfide) groups is 1. The number of hydrogen-bond donors (Lipinski definition) is 0. The summed E-state index contributed by atoms with van der Waals surface area (Å²) in [6.07, 6.45) is 2.26. The largest absolute Gasteiger partial charge is 0.376 e. The summed E-state index contributed by atoms with van der Waals surface area (Å²) in [4.78, 5) is 14.6. The van der Waals surface area contributed by atoms with Crippen LogP contribution in [0.4, 0.5) is 5.69 Å². The zero-order valence-electron chi connectivity index (χ0n) is 14.5. The summed E-state index contributed by atoms with van der Waals surface area (Å²) in [6, 6.07) is 9.70. The number of carbonyl (C=O) groups excluding carboxylic acids is 1. The first-order chi connectivity index (χ1) is 12.2. The van der Waals surface area contributed by atoms with Gasteiger partial charge in [-0.05, 0) is 49.2 Å². The summed E-state index contributed by atoms with van der Waals surface area (Å²) >= 11 is 1.39. The first kappa shape index (κ1) is 17.9. The molecule has 0 radical (unpaired) electrons. The molecule has 1 aromatic heterocycles. The summed E-state index contributed by atoms with van der Waals surface area (Å²) in [6.45, 7) is 5.92. The van der Waals surface area contributed by atoms with Gasteiger partial charge in [0.1, 0.15) is 0 Å². The summed E-state index contributed by atoms with van der Waals surface area (Å²) < 4.78 is 7.39. The normalized spacial score (nSPS) is 18.2. The number of hydrogen-bond acceptors (Lipinski definition) is 6. The third-order valence-electron chi connectivity index (χ3n) is 4.18. The average molecular weight is 361 g/mol. The number of para-hydroxylation sites is 1. The fraction of sp³-hybridized carbons (Fsp3) is 0.529. The Kier molecular flexibility index (Phi) is 6.04. The number of ether oxygens (including phenoxy) is 1. The molecule has 1 fully saturated rings. The molecular weight excluding hydrogens is 338 g/mol. The molecule has 1 saturated heterocycles. The van der Waals surface area contributed by atoms with Gasteiger partial charge < -0.3 is 9.64 Å². The highest BCUT2D eigenvalue weighted by Crippen LogP contribution is 2.25. The van der Waals surface area contributed by atoms with E-state index in [2.05, 4.69) is 15.5 Å². The standard InChI is InChI=1S/C17H23N5O2S/c1-3-21(14-8-5-4-6-9-14)16(23)13(2)25-17-18-19-20-22(17)12-15-10-7-11-24-15/h4-6,8-9,13,15H,3,7,10-12H2,1-2H3. The van der Waals surface area contributed by atoms with E-state index in [1.807, 2.05) is 44.2 Å². The first-order valence-electron chi connectivity index (χ1n) is 8.60. The molecule has 25 heavy (non-hydrogen) atoms. The van der Waals surface area contributed by atoms with Crippen molar-refractivity contribution in [2.24, 2.45) is 0 Å². The lowest BCUT2D eigenvalue weighted by molar-refractivity contribution is -0.117. The van der Waals surface area contributed by atoms with Crippen LogP contribution in [-0.2, 0) is 16.1 Å². The SMILES string of the molecule is CCN(C(=O)C(C)Sc1nnnn1CC1CCCO1)c1ccccc1. The van der Waals surface area contributed by atoms with Crippen molar-refractivity contribution in [1.82, 2.24) is 20.2 Å². The lowest BCUT2D eigenvalue weighted by Crippen LogP contribution is -2.36. The van der Waals surface area contributed by atoms with Gasteiger partial charge in [-0.25, -0.2) is 4.68 Å². The van der Waals surface area contributed by atoms with Gasteiger partial charge in [-0.2, -0.15) is 0 Å². The predicted octanol–water partition coefficient (Wildman–Crippen LogP) is 2.39. The van der Waals surface area contributed by atoms with Crippen molar-refractivity contribution in [3.05, 3.63) is 30.3 Å². The molecule has 2 aromatic rings. The maximum atomic E-state index is 12.9. The Morgan fingerprint density at radius 2 is 2.24 bits per heavy atom. The van der Waals surface area contributed by atoms with Gasteiger partial charge in [0.05, 0.1) is 17.9 Å². The highest BCUT2D eigenvalue weighted by molar-refractivity contribution is 8.00. The Balaban J connectivity index is 1.66. The molecule has 0 bridgehead atoms. The van der Waals surface area contributed by atoms with Crippen molar-refractivity contribution in [3.8, 4) is 0 Å². The van der Waals surface area contributed by atoms with Crippen molar-refractivity contribution in [2.45, 2.75) is 49.7 Å². The van der Waals surface area contributed by atoms with Gasteiger partial charge in [0.15, 0.2) is 0 Å². The van der Waals surface area contributed by atoms with E-state index >= 15 is 0 Å². The topological polar surface area (TPSA) is 73.1 Å². The van der Waals surface area contributed by atoms with E-state index in [9.17, 15) is 4.79 Å². The number of benzene rings is 1. The van der Waals surface area contributed by atoms with Crippen LogP contribution >= 0.6 is 11.8 Å². The summed E-state index contributed by atoms with van der Waals surface area (Å²) in [5.74, 6) is 0.0466. The molecule has 1 aliphatic heterocycles. The summed E-state index contributed by atoms with van der Waals surface area (Å²) in [7, 11) is 0. The van der Waals surface area contributed by atoms with Gasteiger partial charge in [0.25, 0.3) is 0 Å². The van der Waals surface area contributed by atoms with Crippen LogP contribution in [0.25, 0.3) is 0 Å². The minimum atomic E-state index is -0.283. The second kappa shape index (κ2) is 8.44. The van der Waals surface area contributed by atoms with Crippen LogP contribution in [0.2, 0.25) is 0 Å². The first-order valence-corrected chi connectivity index (χ1v) is 9.48. The summed E-state index contributed by atoms with van der Waals surface area (Å²) in [5, 5.41) is 12.3. The van der Waals surface area contributed by atoms with Gasteiger partial charge in [0, 0.05) is 18.8 Å². The lowest BCUT2D eigenvalue weighted by atomic mass is 10.2. The molecular formula is C17H23N5O2S. The maximum absolute atomic E-state index is 12.9. The number of tetrazole rings is 1. The molecule has 3 rings (SSSR count). The number of amides is 1. The van der Waals surface area contributed by atoms with Crippen LogP contribution < -0.4 is 4.90 Å². The predicted molar refractivity (Wildman–Crippen MR) is 96.6 cm³/mol. The Bertz CT molecular complexity index is 687. The molecule has 1 aromatic carbocycles. The van der Waals surface area contributed by atoms with E-state index in [0.29, 0.717) is 18.2 Å².